The molecule has 126 valence electrons. The molecule has 0 radical (unpaired) electrons. The lowest BCUT2D eigenvalue weighted by molar-refractivity contribution is 0.0682. The number of nitriles is 1. The number of rotatable bonds is 3. The molecule has 1 heterocycles. The third-order valence-corrected chi connectivity index (χ3v) is 3.89. The predicted molar refractivity (Wildman–Crippen MR) is 88.7 cm³/mol. The number of aromatic nitrogens is 1. The van der Waals surface area contributed by atoms with Crippen molar-refractivity contribution in [1.29, 1.82) is 5.26 Å². The number of thiazole rings is 1. The van der Waals surface area contributed by atoms with Crippen LogP contribution >= 0.6 is 11.3 Å². The van der Waals surface area contributed by atoms with E-state index >= 15 is 0 Å². The van der Waals surface area contributed by atoms with Gasteiger partial charge in [0.1, 0.15) is 6.07 Å². The highest BCUT2D eigenvalue weighted by Gasteiger charge is 2.24. The number of hydrogen-bond donors (Lipinski definition) is 1. The average Bonchev–Trinajstić information content (AvgIpc) is 2.91. The van der Waals surface area contributed by atoms with Crippen LogP contribution in [0.4, 0.5) is 9.59 Å². The van der Waals surface area contributed by atoms with E-state index in [9.17, 15) is 14.7 Å². The molecule has 0 saturated carbocycles. The first-order valence-corrected chi connectivity index (χ1v) is 7.98. The molecule has 1 N–H and O–H groups in total. The molecule has 0 aliphatic heterocycles. The van der Waals surface area contributed by atoms with Crippen LogP contribution in [0.15, 0.2) is 18.2 Å². The minimum absolute atomic E-state index is 0.120. The van der Waals surface area contributed by atoms with Gasteiger partial charge in [-0.15, -0.1) is 11.3 Å². The largest absolute Gasteiger partial charge is 0.465 e. The smallest absolute Gasteiger partial charge is 0.419 e. The summed E-state index contributed by atoms with van der Waals surface area (Å²) >= 11 is 1.21. The number of ether oxygens (including phenoxy) is 1. The second-order valence-corrected chi connectivity index (χ2v) is 7.45. The molecule has 0 fully saturated rings. The van der Waals surface area contributed by atoms with Crippen molar-refractivity contribution in [2.45, 2.75) is 27.3 Å². The van der Waals surface area contributed by atoms with Gasteiger partial charge in [-0.25, -0.2) is 19.5 Å². The van der Waals surface area contributed by atoms with Crippen LogP contribution in [0.5, 0.6) is 0 Å². The second kappa shape index (κ2) is 6.84. The van der Waals surface area contributed by atoms with Gasteiger partial charge in [0.25, 0.3) is 0 Å². The van der Waals surface area contributed by atoms with E-state index in [4.69, 9.17) is 10.00 Å². The standard InChI is InChI=1S/C16H17N3O4S/c1-16(2,3)9-23-15(22)19(14(20)21)8-10-4-5-11-12(6-10)24-13(7-17)18-11/h4-6H,8-9H2,1-3H3,(H,20,21). The van der Waals surface area contributed by atoms with Crippen LogP contribution in [0.1, 0.15) is 31.3 Å². The summed E-state index contributed by atoms with van der Waals surface area (Å²) in [6, 6.07) is 7.07. The summed E-state index contributed by atoms with van der Waals surface area (Å²) < 4.78 is 5.83. The minimum atomic E-state index is -1.38. The summed E-state index contributed by atoms with van der Waals surface area (Å²) in [5, 5.41) is 18.5. The molecule has 2 amide bonds. The summed E-state index contributed by atoms with van der Waals surface area (Å²) in [6.07, 6.45) is -2.28. The lowest BCUT2D eigenvalue weighted by atomic mass is 9.99. The molecule has 1 aromatic heterocycles. The number of carbonyl (C=O) groups excluding carboxylic acids is 1. The van der Waals surface area contributed by atoms with Crippen molar-refractivity contribution in [3.05, 3.63) is 28.8 Å². The minimum Gasteiger partial charge on any atom is -0.465 e. The van der Waals surface area contributed by atoms with Crippen LogP contribution in [-0.4, -0.2) is 33.8 Å². The van der Waals surface area contributed by atoms with Crippen molar-refractivity contribution >= 4 is 33.7 Å². The first-order chi connectivity index (χ1) is 11.2. The maximum atomic E-state index is 12.0. The SMILES string of the molecule is CC(C)(C)COC(=O)N(Cc1ccc2nc(C#N)sc2c1)C(=O)O. The Hall–Kier alpha value is -2.66. The Bertz CT molecular complexity index is 817. The normalized spacial score (nSPS) is 11.1. The number of carboxylic acid groups (broad SMARTS) is 1. The van der Waals surface area contributed by atoms with Crippen molar-refractivity contribution in [1.82, 2.24) is 9.88 Å². The fourth-order valence-electron chi connectivity index (χ4n) is 1.86. The van der Waals surface area contributed by atoms with Crippen LogP contribution in [-0.2, 0) is 11.3 Å². The van der Waals surface area contributed by atoms with Gasteiger partial charge in [0.2, 0.25) is 0 Å². The molecule has 0 aliphatic rings. The summed E-state index contributed by atoms with van der Waals surface area (Å²) in [5.41, 5.74) is 1.03. The van der Waals surface area contributed by atoms with Crippen molar-refractivity contribution < 1.29 is 19.4 Å². The highest BCUT2D eigenvalue weighted by atomic mass is 32.1. The van der Waals surface area contributed by atoms with Crippen molar-refractivity contribution in [2.75, 3.05) is 6.61 Å². The molecule has 7 nitrogen and oxygen atoms in total. The lowest BCUT2D eigenvalue weighted by Crippen LogP contribution is -2.37. The lowest BCUT2D eigenvalue weighted by Gasteiger charge is -2.22. The third-order valence-electron chi connectivity index (χ3n) is 2.97. The Morgan fingerprint density at radius 3 is 2.71 bits per heavy atom. The Kier molecular flexibility index (Phi) is 5.04. The topological polar surface area (TPSA) is 104 Å². The zero-order valence-corrected chi connectivity index (χ0v) is 14.4. The molecule has 2 rings (SSSR count). The van der Waals surface area contributed by atoms with Crippen LogP contribution in [0, 0.1) is 16.7 Å². The number of imide groups is 1. The molecule has 1 aromatic carbocycles. The van der Waals surface area contributed by atoms with Gasteiger partial charge in [0.05, 0.1) is 23.4 Å². The van der Waals surface area contributed by atoms with Crippen molar-refractivity contribution in [3.8, 4) is 6.07 Å². The van der Waals surface area contributed by atoms with Crippen LogP contribution < -0.4 is 0 Å². The molecule has 0 bridgehead atoms. The van der Waals surface area contributed by atoms with E-state index in [1.54, 1.807) is 18.2 Å². The first kappa shape index (κ1) is 17.7. The maximum absolute atomic E-state index is 12.0. The number of benzene rings is 1. The summed E-state index contributed by atoms with van der Waals surface area (Å²) in [5.74, 6) is 0. The molecular weight excluding hydrogens is 330 g/mol. The average molecular weight is 347 g/mol. The number of amides is 2. The molecule has 0 aliphatic carbocycles. The van der Waals surface area contributed by atoms with E-state index in [0.29, 0.717) is 21.0 Å². The van der Waals surface area contributed by atoms with E-state index in [2.05, 4.69) is 4.98 Å². The van der Waals surface area contributed by atoms with E-state index in [1.165, 1.54) is 11.3 Å². The molecule has 0 spiro atoms. The zero-order chi connectivity index (χ0) is 17.9. The van der Waals surface area contributed by atoms with Gasteiger partial charge in [-0.2, -0.15) is 5.26 Å². The van der Waals surface area contributed by atoms with Gasteiger partial charge in [-0.05, 0) is 23.1 Å². The Balaban J connectivity index is 2.17. The van der Waals surface area contributed by atoms with Crippen molar-refractivity contribution in [3.63, 3.8) is 0 Å². The summed E-state index contributed by atoms with van der Waals surface area (Å²) in [4.78, 5) is 28.1. The second-order valence-electron chi connectivity index (χ2n) is 6.42. The van der Waals surface area contributed by atoms with E-state index < -0.39 is 12.2 Å². The van der Waals surface area contributed by atoms with Crippen LogP contribution in [0.25, 0.3) is 10.2 Å². The van der Waals surface area contributed by atoms with E-state index in [0.717, 1.165) is 4.70 Å². The fraction of sp³-hybridized carbons (Fsp3) is 0.375. The third kappa shape index (κ3) is 4.43. The van der Waals surface area contributed by atoms with E-state index in [1.807, 2.05) is 26.8 Å². The molecule has 24 heavy (non-hydrogen) atoms. The predicted octanol–water partition coefficient (Wildman–Crippen LogP) is 3.83. The van der Waals surface area contributed by atoms with Gasteiger partial charge >= 0.3 is 12.2 Å². The molecule has 2 aromatic rings. The van der Waals surface area contributed by atoms with Gasteiger partial charge in [-0.1, -0.05) is 26.8 Å². The maximum Gasteiger partial charge on any atom is 0.419 e. The van der Waals surface area contributed by atoms with Crippen LogP contribution in [0.3, 0.4) is 0 Å². The molecule has 0 atom stereocenters. The highest BCUT2D eigenvalue weighted by Crippen LogP contribution is 2.23. The highest BCUT2D eigenvalue weighted by molar-refractivity contribution is 7.19. The fourth-order valence-corrected chi connectivity index (χ4v) is 2.69. The van der Waals surface area contributed by atoms with Gasteiger partial charge in [0.15, 0.2) is 5.01 Å². The number of nitrogens with zero attached hydrogens (tertiary/aromatic N) is 3. The van der Waals surface area contributed by atoms with Gasteiger partial charge in [-0.3, -0.25) is 0 Å². The van der Waals surface area contributed by atoms with Gasteiger partial charge < -0.3 is 9.84 Å². The molecule has 0 unspecified atom stereocenters. The number of hydrogen-bond acceptors (Lipinski definition) is 6. The Morgan fingerprint density at radius 1 is 1.42 bits per heavy atom. The van der Waals surface area contributed by atoms with Crippen LogP contribution in [0.2, 0.25) is 0 Å². The molecular formula is C16H17N3O4S. The summed E-state index contributed by atoms with van der Waals surface area (Å²) in [7, 11) is 0. The number of carbonyl (C=O) groups is 2. The first-order valence-electron chi connectivity index (χ1n) is 7.16. The zero-order valence-electron chi connectivity index (χ0n) is 13.6. The van der Waals surface area contributed by atoms with E-state index in [-0.39, 0.29) is 18.6 Å². The Labute approximate surface area is 143 Å². The van der Waals surface area contributed by atoms with Gasteiger partial charge in [0, 0.05) is 0 Å². The molecule has 8 heteroatoms. The number of fused-ring (bicyclic) bond motifs is 1. The quantitative estimate of drug-likeness (QED) is 0.905. The Morgan fingerprint density at radius 2 is 2.12 bits per heavy atom. The molecule has 0 saturated heterocycles. The monoisotopic (exact) mass is 347 g/mol. The summed E-state index contributed by atoms with van der Waals surface area (Å²) in [6.45, 7) is 5.64. The van der Waals surface area contributed by atoms with Crippen molar-refractivity contribution in [2.24, 2.45) is 5.41 Å².